The molecule has 1 unspecified atom stereocenters. The van der Waals surface area contributed by atoms with E-state index in [4.69, 9.17) is 4.74 Å². The fraction of sp³-hybridized carbons (Fsp3) is 0.583. The van der Waals surface area contributed by atoms with Crippen LogP contribution in [0.3, 0.4) is 0 Å². The minimum Gasteiger partial charge on any atom is -0.383 e. The number of hydrogen-bond donors (Lipinski definition) is 1. The van der Waals surface area contributed by atoms with E-state index in [1.807, 2.05) is 19.3 Å². The molecule has 0 aliphatic carbocycles. The molecular weight excluding hydrogens is 202 g/mol. The Bertz CT molecular complexity index is 273. The lowest BCUT2D eigenvalue weighted by molar-refractivity contribution is 0.102. The lowest BCUT2D eigenvalue weighted by Gasteiger charge is -2.27. The summed E-state index contributed by atoms with van der Waals surface area (Å²) in [4.78, 5) is 6.39. The highest BCUT2D eigenvalue weighted by molar-refractivity contribution is 5.08. The second kappa shape index (κ2) is 7.33. The van der Waals surface area contributed by atoms with Gasteiger partial charge in [0.05, 0.1) is 6.61 Å². The average Bonchev–Trinajstić information content (AvgIpc) is 2.30. The molecule has 1 N–H and O–H groups in total. The molecular formula is C12H21N3O. The van der Waals surface area contributed by atoms with Gasteiger partial charge in [-0.2, -0.15) is 0 Å². The molecule has 90 valence electrons. The first-order chi connectivity index (χ1) is 7.77. The fourth-order valence-electron chi connectivity index (χ4n) is 1.68. The van der Waals surface area contributed by atoms with Crippen molar-refractivity contribution in [2.75, 3.05) is 34.4 Å². The molecule has 0 saturated carbocycles. The molecule has 0 bridgehead atoms. The zero-order chi connectivity index (χ0) is 11.8. The van der Waals surface area contributed by atoms with E-state index in [0.29, 0.717) is 6.04 Å². The average molecular weight is 223 g/mol. The number of aromatic nitrogens is 1. The molecule has 0 saturated heterocycles. The maximum Gasteiger partial charge on any atom is 0.0630 e. The Balaban J connectivity index is 2.51. The summed E-state index contributed by atoms with van der Waals surface area (Å²) in [5.41, 5.74) is 1.22. The largest absolute Gasteiger partial charge is 0.383 e. The van der Waals surface area contributed by atoms with Gasteiger partial charge in [0.1, 0.15) is 0 Å². The van der Waals surface area contributed by atoms with Crippen molar-refractivity contribution < 1.29 is 4.74 Å². The Morgan fingerprint density at radius 1 is 1.56 bits per heavy atom. The summed E-state index contributed by atoms with van der Waals surface area (Å²) in [5.74, 6) is 0. The Morgan fingerprint density at radius 3 is 2.94 bits per heavy atom. The zero-order valence-electron chi connectivity index (χ0n) is 10.3. The van der Waals surface area contributed by atoms with Gasteiger partial charge in [-0.3, -0.25) is 9.88 Å². The predicted molar refractivity (Wildman–Crippen MR) is 65.3 cm³/mol. The molecule has 0 radical (unpaired) electrons. The maximum absolute atomic E-state index is 5.22. The maximum atomic E-state index is 5.22. The molecule has 4 heteroatoms. The van der Waals surface area contributed by atoms with Crippen molar-refractivity contribution in [3.63, 3.8) is 0 Å². The van der Waals surface area contributed by atoms with Gasteiger partial charge in [0, 0.05) is 38.6 Å². The van der Waals surface area contributed by atoms with Crippen molar-refractivity contribution in [1.29, 1.82) is 0 Å². The quantitative estimate of drug-likeness (QED) is 0.740. The molecule has 1 aromatic rings. The van der Waals surface area contributed by atoms with Crippen LogP contribution in [-0.2, 0) is 11.3 Å². The van der Waals surface area contributed by atoms with Crippen molar-refractivity contribution in [1.82, 2.24) is 15.2 Å². The topological polar surface area (TPSA) is 37.4 Å². The van der Waals surface area contributed by atoms with E-state index in [1.54, 1.807) is 13.3 Å². The Morgan fingerprint density at radius 2 is 2.38 bits per heavy atom. The van der Waals surface area contributed by atoms with Crippen LogP contribution in [0, 0.1) is 0 Å². The summed E-state index contributed by atoms with van der Waals surface area (Å²) in [6.45, 7) is 2.55. The van der Waals surface area contributed by atoms with Crippen LogP contribution in [0.5, 0.6) is 0 Å². The van der Waals surface area contributed by atoms with E-state index in [-0.39, 0.29) is 0 Å². The third-order valence-electron chi connectivity index (χ3n) is 2.58. The molecule has 0 fully saturated rings. The molecule has 16 heavy (non-hydrogen) atoms. The Hall–Kier alpha value is -0.970. The van der Waals surface area contributed by atoms with Crippen molar-refractivity contribution >= 4 is 0 Å². The van der Waals surface area contributed by atoms with E-state index >= 15 is 0 Å². The molecule has 4 nitrogen and oxygen atoms in total. The lowest BCUT2D eigenvalue weighted by Crippen LogP contribution is -2.41. The molecule has 0 aliphatic heterocycles. The second-order valence-electron chi connectivity index (χ2n) is 3.94. The van der Waals surface area contributed by atoms with E-state index < -0.39 is 0 Å². The van der Waals surface area contributed by atoms with Gasteiger partial charge >= 0.3 is 0 Å². The van der Waals surface area contributed by atoms with Crippen LogP contribution in [0.1, 0.15) is 5.56 Å². The van der Waals surface area contributed by atoms with E-state index in [9.17, 15) is 0 Å². The van der Waals surface area contributed by atoms with Gasteiger partial charge in [0.15, 0.2) is 0 Å². The van der Waals surface area contributed by atoms with Gasteiger partial charge < -0.3 is 10.1 Å². The van der Waals surface area contributed by atoms with Gasteiger partial charge in [0.25, 0.3) is 0 Å². The van der Waals surface area contributed by atoms with Crippen molar-refractivity contribution in [3.05, 3.63) is 30.1 Å². The number of pyridine rings is 1. The van der Waals surface area contributed by atoms with E-state index in [1.165, 1.54) is 5.56 Å². The first kappa shape index (κ1) is 13.1. The first-order valence-corrected chi connectivity index (χ1v) is 5.50. The Kier molecular flexibility index (Phi) is 6.00. The number of methoxy groups -OCH3 is 1. The molecule has 0 spiro atoms. The van der Waals surface area contributed by atoms with E-state index in [0.717, 1.165) is 19.7 Å². The summed E-state index contributed by atoms with van der Waals surface area (Å²) in [5, 5.41) is 3.18. The van der Waals surface area contributed by atoms with Crippen LogP contribution in [0.15, 0.2) is 24.5 Å². The van der Waals surface area contributed by atoms with Crippen molar-refractivity contribution in [2.45, 2.75) is 12.6 Å². The summed E-state index contributed by atoms with van der Waals surface area (Å²) >= 11 is 0. The van der Waals surface area contributed by atoms with Crippen LogP contribution >= 0.6 is 0 Å². The van der Waals surface area contributed by atoms with Crippen molar-refractivity contribution in [3.8, 4) is 0 Å². The molecule has 1 atom stereocenters. The minimum atomic E-state index is 0.384. The van der Waals surface area contributed by atoms with Gasteiger partial charge in [-0.15, -0.1) is 0 Å². The third kappa shape index (κ3) is 4.26. The van der Waals surface area contributed by atoms with Gasteiger partial charge in [-0.25, -0.2) is 0 Å². The number of nitrogens with zero attached hydrogens (tertiary/aromatic N) is 2. The second-order valence-corrected chi connectivity index (χ2v) is 3.94. The third-order valence-corrected chi connectivity index (χ3v) is 2.58. The van der Waals surface area contributed by atoms with E-state index in [2.05, 4.69) is 28.3 Å². The number of likely N-dealkylation sites (N-methyl/N-ethyl adjacent to an activating group) is 2. The SMILES string of the molecule is CNCC(COC)N(C)Cc1cccnc1. The van der Waals surface area contributed by atoms with Crippen LogP contribution in [-0.4, -0.2) is 50.3 Å². The van der Waals surface area contributed by atoms with Crippen LogP contribution in [0.25, 0.3) is 0 Å². The van der Waals surface area contributed by atoms with Crippen LogP contribution in [0.2, 0.25) is 0 Å². The molecule has 0 amide bonds. The smallest absolute Gasteiger partial charge is 0.0630 e. The summed E-state index contributed by atoms with van der Waals surface area (Å²) in [7, 11) is 5.80. The zero-order valence-corrected chi connectivity index (χ0v) is 10.3. The summed E-state index contributed by atoms with van der Waals surface area (Å²) < 4.78 is 5.22. The predicted octanol–water partition coefficient (Wildman–Crippen LogP) is 0.748. The van der Waals surface area contributed by atoms with Gasteiger partial charge in [-0.05, 0) is 25.7 Å². The molecule has 0 aliphatic rings. The summed E-state index contributed by atoms with van der Waals surface area (Å²) in [6, 6.07) is 4.44. The van der Waals surface area contributed by atoms with Crippen LogP contribution in [0.4, 0.5) is 0 Å². The van der Waals surface area contributed by atoms with Crippen LogP contribution < -0.4 is 5.32 Å². The van der Waals surface area contributed by atoms with Gasteiger partial charge in [0.2, 0.25) is 0 Å². The monoisotopic (exact) mass is 223 g/mol. The number of nitrogens with one attached hydrogen (secondary N) is 1. The lowest BCUT2D eigenvalue weighted by atomic mass is 10.2. The highest BCUT2D eigenvalue weighted by atomic mass is 16.5. The summed E-state index contributed by atoms with van der Waals surface area (Å²) in [6.07, 6.45) is 3.70. The molecule has 1 rings (SSSR count). The number of hydrogen-bond acceptors (Lipinski definition) is 4. The fourth-order valence-corrected chi connectivity index (χ4v) is 1.68. The first-order valence-electron chi connectivity index (χ1n) is 5.50. The highest BCUT2D eigenvalue weighted by Crippen LogP contribution is 2.04. The standard InChI is InChI=1S/C12H21N3O/c1-13-8-12(10-16-3)15(2)9-11-5-4-6-14-7-11/h4-7,12-13H,8-10H2,1-3H3. The molecule has 0 aromatic carbocycles. The molecule has 1 aromatic heterocycles. The number of ether oxygens (including phenoxy) is 1. The highest BCUT2D eigenvalue weighted by Gasteiger charge is 2.13. The van der Waals surface area contributed by atoms with Crippen molar-refractivity contribution in [2.24, 2.45) is 0 Å². The molecule has 1 heterocycles. The van der Waals surface area contributed by atoms with Gasteiger partial charge in [-0.1, -0.05) is 6.07 Å². The normalized spacial score (nSPS) is 13.0. The Labute approximate surface area is 97.6 Å². The number of rotatable bonds is 7. The minimum absolute atomic E-state index is 0.384.